The van der Waals surface area contributed by atoms with E-state index in [0.29, 0.717) is 0 Å². The molecule has 0 unspecified atom stereocenters. The molecule has 10 rings (SSSR count). The van der Waals surface area contributed by atoms with Crippen LogP contribution in [-0.2, 0) is 0 Å². The van der Waals surface area contributed by atoms with E-state index < -0.39 is 0 Å². The molecular formula is C47H31N3. The van der Waals surface area contributed by atoms with Gasteiger partial charge in [-0.1, -0.05) is 127 Å². The van der Waals surface area contributed by atoms with E-state index in [1.54, 1.807) is 0 Å². The van der Waals surface area contributed by atoms with Gasteiger partial charge in [0, 0.05) is 44.4 Å². The van der Waals surface area contributed by atoms with E-state index in [2.05, 4.69) is 191 Å². The lowest BCUT2D eigenvalue weighted by molar-refractivity contribution is 1.13. The fourth-order valence-electron chi connectivity index (χ4n) is 7.66. The molecule has 0 aliphatic carbocycles. The molecule has 50 heavy (non-hydrogen) atoms. The maximum atomic E-state index is 4.96. The Kier molecular flexibility index (Phi) is 6.49. The van der Waals surface area contributed by atoms with Crippen molar-refractivity contribution in [1.29, 1.82) is 0 Å². The number of para-hydroxylation sites is 5. The minimum absolute atomic E-state index is 0.978. The first-order valence-electron chi connectivity index (χ1n) is 17.1. The topological polar surface area (TPSA) is 21.1 Å². The maximum Gasteiger partial charge on any atom is 0.0709 e. The quantitative estimate of drug-likeness (QED) is 0.191. The van der Waals surface area contributed by atoms with Gasteiger partial charge >= 0.3 is 0 Å². The van der Waals surface area contributed by atoms with Crippen molar-refractivity contribution >= 4 is 38.9 Å². The molecular weight excluding hydrogens is 607 g/mol. The molecule has 0 amide bonds. The minimum Gasteiger partial charge on any atom is -0.309 e. The highest BCUT2D eigenvalue weighted by atomic mass is 15.2. The smallest absolute Gasteiger partial charge is 0.0709 e. The molecule has 9 aromatic rings. The third kappa shape index (κ3) is 4.48. The van der Waals surface area contributed by atoms with E-state index in [1.807, 2.05) is 6.07 Å². The van der Waals surface area contributed by atoms with Crippen LogP contribution in [0.25, 0.3) is 72.3 Å². The Morgan fingerprint density at radius 1 is 0.420 bits per heavy atom. The summed E-state index contributed by atoms with van der Waals surface area (Å²) < 4.78 is 2.43. The third-order valence-corrected chi connectivity index (χ3v) is 9.92. The zero-order chi connectivity index (χ0) is 33.0. The summed E-state index contributed by atoms with van der Waals surface area (Å²) >= 11 is 0. The van der Waals surface area contributed by atoms with Crippen molar-refractivity contribution in [3.63, 3.8) is 0 Å². The van der Waals surface area contributed by atoms with Crippen molar-refractivity contribution in [2.45, 2.75) is 0 Å². The number of pyridine rings is 1. The molecule has 0 radical (unpaired) electrons. The normalized spacial score (nSPS) is 12.0. The molecule has 234 valence electrons. The summed E-state index contributed by atoms with van der Waals surface area (Å²) in [7, 11) is 0. The highest BCUT2D eigenvalue weighted by Gasteiger charge is 2.31. The number of hydrogen-bond donors (Lipinski definition) is 0. The van der Waals surface area contributed by atoms with E-state index in [4.69, 9.17) is 4.98 Å². The Bertz CT molecular complexity index is 2700. The summed E-state index contributed by atoms with van der Waals surface area (Å²) in [6.45, 7) is 0. The zero-order valence-electron chi connectivity index (χ0n) is 27.2. The van der Waals surface area contributed by atoms with Crippen LogP contribution in [-0.4, -0.2) is 9.55 Å². The molecule has 0 bridgehead atoms. The maximum absolute atomic E-state index is 4.96. The number of nitrogens with zero attached hydrogens (tertiary/aromatic N) is 3. The second kappa shape index (κ2) is 11.5. The molecule has 0 saturated heterocycles. The van der Waals surface area contributed by atoms with Gasteiger partial charge in [-0.05, 0) is 71.8 Å². The predicted molar refractivity (Wildman–Crippen MR) is 209 cm³/mol. The first kappa shape index (κ1) is 28.3. The van der Waals surface area contributed by atoms with Crippen LogP contribution in [0.4, 0.5) is 17.1 Å². The van der Waals surface area contributed by atoms with Crippen molar-refractivity contribution < 1.29 is 0 Å². The van der Waals surface area contributed by atoms with Crippen LogP contribution in [0.5, 0.6) is 0 Å². The van der Waals surface area contributed by atoms with Crippen LogP contribution in [0.3, 0.4) is 0 Å². The van der Waals surface area contributed by atoms with Gasteiger partial charge in [0.1, 0.15) is 0 Å². The molecule has 7 aromatic carbocycles. The van der Waals surface area contributed by atoms with Crippen LogP contribution in [0.15, 0.2) is 188 Å². The Morgan fingerprint density at radius 3 is 1.96 bits per heavy atom. The third-order valence-electron chi connectivity index (χ3n) is 9.92. The molecule has 3 heteroatoms. The first-order chi connectivity index (χ1) is 24.8. The summed E-state index contributed by atoms with van der Waals surface area (Å²) in [5.41, 5.74) is 16.1. The summed E-state index contributed by atoms with van der Waals surface area (Å²) in [6, 6.07) is 67.4. The van der Waals surface area contributed by atoms with Crippen LogP contribution < -0.4 is 4.90 Å². The Hall–Kier alpha value is -6.71. The number of fused-ring (bicyclic) bond motifs is 8. The van der Waals surface area contributed by atoms with Gasteiger partial charge in [0.2, 0.25) is 0 Å². The van der Waals surface area contributed by atoms with Crippen molar-refractivity contribution in [3.8, 4) is 50.5 Å². The monoisotopic (exact) mass is 637 g/mol. The van der Waals surface area contributed by atoms with E-state index in [0.717, 1.165) is 56.0 Å². The molecule has 0 atom stereocenters. The predicted octanol–water partition coefficient (Wildman–Crippen LogP) is 12.6. The molecule has 3 heterocycles. The minimum atomic E-state index is 0.978. The van der Waals surface area contributed by atoms with Crippen LogP contribution in [0.1, 0.15) is 0 Å². The van der Waals surface area contributed by atoms with Crippen LogP contribution in [0.2, 0.25) is 0 Å². The number of hydrogen-bond acceptors (Lipinski definition) is 2. The lowest BCUT2D eigenvalue weighted by Gasteiger charge is -2.27. The van der Waals surface area contributed by atoms with E-state index in [9.17, 15) is 0 Å². The Balaban J connectivity index is 1.12. The molecule has 0 spiro atoms. The standard InChI is InChI=1S/C47H31N3/c1-2-16-36(17-3-1)50-44-23-10-6-19-39(44)46-38-18-5-9-22-43(38)49(45-24-11-7-20-40(45)47(46)50)37-28-25-32(26-29-37)34-14-12-15-35(31-34)42-30-27-33-13-4-8-21-41(33)48-42/h1-31H. The molecule has 1 aliphatic heterocycles. The van der Waals surface area contributed by atoms with Crippen molar-refractivity contribution in [2.75, 3.05) is 4.90 Å². The molecule has 2 aromatic heterocycles. The highest BCUT2D eigenvalue weighted by molar-refractivity contribution is 6.13. The van der Waals surface area contributed by atoms with E-state index in [-0.39, 0.29) is 0 Å². The number of rotatable bonds is 4. The van der Waals surface area contributed by atoms with Crippen molar-refractivity contribution in [1.82, 2.24) is 9.55 Å². The summed E-state index contributed by atoms with van der Waals surface area (Å²) in [5, 5.41) is 2.39. The highest BCUT2D eigenvalue weighted by Crippen LogP contribution is 2.54. The fourth-order valence-corrected chi connectivity index (χ4v) is 7.66. The zero-order valence-corrected chi connectivity index (χ0v) is 27.2. The summed E-state index contributed by atoms with van der Waals surface area (Å²) in [4.78, 5) is 7.38. The SMILES string of the molecule is c1ccc(-n2c3c(c4ccccc42)-c2ccccc2N(c2ccc(-c4cccc(-c5ccc6ccccc6n5)c4)cc2)c2ccccc2-3)cc1. The van der Waals surface area contributed by atoms with Crippen LogP contribution >= 0.6 is 0 Å². The second-order valence-electron chi connectivity index (χ2n) is 12.8. The Morgan fingerprint density at radius 2 is 1.10 bits per heavy atom. The van der Waals surface area contributed by atoms with Crippen molar-refractivity contribution in [2.24, 2.45) is 0 Å². The van der Waals surface area contributed by atoms with Crippen molar-refractivity contribution in [3.05, 3.63) is 188 Å². The second-order valence-corrected chi connectivity index (χ2v) is 12.8. The largest absolute Gasteiger partial charge is 0.309 e. The lowest BCUT2D eigenvalue weighted by atomic mass is 9.98. The summed E-state index contributed by atoms with van der Waals surface area (Å²) in [6.07, 6.45) is 0. The van der Waals surface area contributed by atoms with Gasteiger partial charge in [0.15, 0.2) is 0 Å². The van der Waals surface area contributed by atoms with Gasteiger partial charge in [0.05, 0.1) is 33.8 Å². The molecule has 3 nitrogen and oxygen atoms in total. The van der Waals surface area contributed by atoms with Gasteiger partial charge in [-0.2, -0.15) is 0 Å². The molecule has 1 aliphatic rings. The average molecular weight is 638 g/mol. The molecule has 0 N–H and O–H groups in total. The fraction of sp³-hybridized carbons (Fsp3) is 0. The van der Waals surface area contributed by atoms with Gasteiger partial charge in [0.25, 0.3) is 0 Å². The van der Waals surface area contributed by atoms with Gasteiger partial charge in [-0.15, -0.1) is 0 Å². The number of aromatic nitrogens is 2. The first-order valence-corrected chi connectivity index (χ1v) is 17.1. The van der Waals surface area contributed by atoms with E-state index in [1.165, 1.54) is 33.3 Å². The summed E-state index contributed by atoms with van der Waals surface area (Å²) in [5.74, 6) is 0. The Labute approximate surface area is 291 Å². The van der Waals surface area contributed by atoms with Gasteiger partial charge in [-0.25, -0.2) is 4.98 Å². The molecule has 0 fully saturated rings. The van der Waals surface area contributed by atoms with Gasteiger partial charge in [-0.3, -0.25) is 0 Å². The van der Waals surface area contributed by atoms with E-state index >= 15 is 0 Å². The molecule has 0 saturated carbocycles. The van der Waals surface area contributed by atoms with Crippen LogP contribution in [0, 0.1) is 0 Å². The number of anilines is 3. The number of benzene rings is 7. The lowest BCUT2D eigenvalue weighted by Crippen LogP contribution is -2.11. The van der Waals surface area contributed by atoms with Gasteiger partial charge < -0.3 is 9.47 Å². The average Bonchev–Trinajstić information content (AvgIpc) is 3.47.